The molecule has 0 aliphatic carbocycles. The fraction of sp³-hybridized carbons (Fsp3) is 0.125. The first kappa shape index (κ1) is 15.0. The summed E-state index contributed by atoms with van der Waals surface area (Å²) in [6.45, 7) is 6.96. The van der Waals surface area contributed by atoms with Crippen molar-refractivity contribution < 1.29 is 32.7 Å². The van der Waals surface area contributed by atoms with Gasteiger partial charge in [-0.05, 0) is 12.6 Å². The zero-order valence-electron chi connectivity index (χ0n) is 10.5. The van der Waals surface area contributed by atoms with Gasteiger partial charge in [0.1, 0.15) is 0 Å². The minimum absolute atomic E-state index is 0. The molecular weight excluding hydrogens is 295 g/mol. The molecule has 0 fully saturated rings. The first-order valence-electron chi connectivity index (χ1n) is 5.60. The Morgan fingerprint density at radius 3 is 2.56 bits per heavy atom. The quantitative estimate of drug-likeness (QED) is 0.599. The third kappa shape index (κ3) is 2.83. The van der Waals surface area contributed by atoms with Crippen molar-refractivity contribution in [1.82, 2.24) is 4.90 Å². The zero-order chi connectivity index (χ0) is 12.3. The fourth-order valence-corrected chi connectivity index (χ4v) is 1.89. The molecule has 2 rings (SSSR count). The SMILES string of the molecule is C#CC1=C[C-]=C(c2ccccc2)N(CC)C1=C.[Y]. The minimum Gasteiger partial charge on any atom is -0.375 e. The third-order valence-corrected chi connectivity index (χ3v) is 2.78. The molecule has 0 atom stereocenters. The monoisotopic (exact) mass is 309 g/mol. The van der Waals surface area contributed by atoms with Gasteiger partial charge in [0.15, 0.2) is 0 Å². The summed E-state index contributed by atoms with van der Waals surface area (Å²) in [5, 5.41) is 0. The molecule has 0 aromatic heterocycles. The molecule has 0 spiro atoms. The van der Waals surface area contributed by atoms with Crippen LogP contribution in [-0.2, 0) is 32.7 Å². The Labute approximate surface area is 134 Å². The Bertz CT molecular complexity index is 532. The van der Waals surface area contributed by atoms with Gasteiger partial charge in [0.2, 0.25) is 0 Å². The molecule has 18 heavy (non-hydrogen) atoms. The van der Waals surface area contributed by atoms with Gasteiger partial charge in [-0.2, -0.15) is 12.2 Å². The molecule has 0 amide bonds. The van der Waals surface area contributed by atoms with E-state index < -0.39 is 0 Å². The van der Waals surface area contributed by atoms with Crippen molar-refractivity contribution in [2.75, 3.05) is 6.54 Å². The van der Waals surface area contributed by atoms with Crippen molar-refractivity contribution in [1.29, 1.82) is 0 Å². The Kier molecular flexibility index (Phi) is 5.60. The molecule has 0 N–H and O–H groups in total. The maximum Gasteiger partial charge on any atom is 0.0170 e. The summed E-state index contributed by atoms with van der Waals surface area (Å²) >= 11 is 0. The number of benzene rings is 1. The van der Waals surface area contributed by atoms with Crippen LogP contribution in [0, 0.1) is 18.4 Å². The van der Waals surface area contributed by atoms with Crippen LogP contribution in [0.3, 0.4) is 0 Å². The number of allylic oxidation sites excluding steroid dienone is 3. The second kappa shape index (κ2) is 6.73. The van der Waals surface area contributed by atoms with Crippen molar-refractivity contribution in [3.63, 3.8) is 0 Å². The molecule has 1 aliphatic rings. The molecule has 1 nitrogen and oxygen atoms in total. The summed E-state index contributed by atoms with van der Waals surface area (Å²) in [6, 6.07) is 10.2. The van der Waals surface area contributed by atoms with Gasteiger partial charge < -0.3 is 4.90 Å². The van der Waals surface area contributed by atoms with E-state index in [0.717, 1.165) is 29.1 Å². The largest absolute Gasteiger partial charge is 0.375 e. The normalized spacial score (nSPS) is 14.2. The Morgan fingerprint density at radius 1 is 1.33 bits per heavy atom. The molecule has 1 radical (unpaired) electrons. The van der Waals surface area contributed by atoms with Crippen molar-refractivity contribution in [2.24, 2.45) is 0 Å². The van der Waals surface area contributed by atoms with E-state index >= 15 is 0 Å². The Hall–Kier alpha value is -1.10. The van der Waals surface area contributed by atoms with Crippen LogP contribution in [0.5, 0.6) is 0 Å². The van der Waals surface area contributed by atoms with Gasteiger partial charge >= 0.3 is 0 Å². The van der Waals surface area contributed by atoms with E-state index in [0.29, 0.717) is 0 Å². The maximum atomic E-state index is 5.44. The standard InChI is InChI=1S/C16H14N.Y/c1-4-14-11-12-16(17(5-2)13(14)3)15-9-7-6-8-10-15;/h1,6-11H,3,5H2,2H3;/q-1;. The number of likely N-dealkylation sites (N-methyl/N-ethyl adjacent to an activating group) is 1. The van der Waals surface area contributed by atoms with Crippen molar-refractivity contribution >= 4 is 5.70 Å². The summed E-state index contributed by atoms with van der Waals surface area (Å²) in [4.78, 5) is 2.09. The average molecular weight is 309 g/mol. The summed E-state index contributed by atoms with van der Waals surface area (Å²) in [5.74, 6) is 2.63. The van der Waals surface area contributed by atoms with Crippen molar-refractivity contribution in [3.05, 3.63) is 65.9 Å². The average Bonchev–Trinajstić information content (AvgIpc) is 2.39. The van der Waals surface area contributed by atoms with Crippen LogP contribution in [0.1, 0.15) is 12.5 Å². The van der Waals surface area contributed by atoms with Crippen molar-refractivity contribution in [3.8, 4) is 12.3 Å². The third-order valence-electron chi connectivity index (χ3n) is 2.78. The van der Waals surface area contributed by atoms with Crippen LogP contribution in [-0.4, -0.2) is 11.4 Å². The van der Waals surface area contributed by atoms with Gasteiger partial charge in [-0.15, -0.1) is 24.5 Å². The second-order valence-corrected chi connectivity index (χ2v) is 3.75. The molecule has 1 aromatic carbocycles. The van der Waals surface area contributed by atoms with Crippen LogP contribution < -0.4 is 0 Å². The molecule has 1 aliphatic heterocycles. The van der Waals surface area contributed by atoms with Crippen LogP contribution in [0.15, 0.2) is 54.3 Å². The second-order valence-electron chi connectivity index (χ2n) is 3.75. The van der Waals surface area contributed by atoms with Crippen LogP contribution in [0.2, 0.25) is 0 Å². The number of rotatable bonds is 2. The minimum atomic E-state index is 0. The summed E-state index contributed by atoms with van der Waals surface area (Å²) in [5.41, 5.74) is 3.82. The molecule has 0 unspecified atom stereocenters. The molecule has 0 saturated heterocycles. The molecule has 1 heterocycles. The molecule has 1 aromatic rings. The van der Waals surface area contributed by atoms with Gasteiger partial charge in [0, 0.05) is 39.3 Å². The van der Waals surface area contributed by atoms with E-state index in [1.165, 1.54) is 0 Å². The fourth-order valence-electron chi connectivity index (χ4n) is 1.89. The van der Waals surface area contributed by atoms with Crippen LogP contribution in [0.4, 0.5) is 0 Å². The Morgan fingerprint density at radius 2 is 2.00 bits per heavy atom. The number of nitrogens with zero attached hydrogens (tertiary/aromatic N) is 1. The molecule has 0 bridgehead atoms. The molecular formula is C16H14NY-. The summed E-state index contributed by atoms with van der Waals surface area (Å²) in [6.07, 6.45) is 10.5. The first-order chi connectivity index (χ1) is 8.27. The topological polar surface area (TPSA) is 3.24 Å². The predicted octanol–water partition coefficient (Wildman–Crippen LogP) is 3.24. The smallest absolute Gasteiger partial charge is 0.0170 e. The van der Waals surface area contributed by atoms with Gasteiger partial charge in [-0.1, -0.05) is 41.6 Å². The number of hydrogen-bond donors (Lipinski definition) is 0. The molecule has 2 heteroatoms. The van der Waals surface area contributed by atoms with Crippen molar-refractivity contribution in [2.45, 2.75) is 6.92 Å². The molecule has 0 saturated carbocycles. The Balaban J connectivity index is 0.00000162. The van der Waals surface area contributed by atoms with Gasteiger partial charge in [0.05, 0.1) is 0 Å². The van der Waals surface area contributed by atoms with E-state index in [9.17, 15) is 0 Å². The van der Waals surface area contributed by atoms with Gasteiger partial charge in [0.25, 0.3) is 0 Å². The van der Waals surface area contributed by atoms with E-state index in [4.69, 9.17) is 6.42 Å². The molecule has 87 valence electrons. The van der Waals surface area contributed by atoms with E-state index in [1.807, 2.05) is 24.3 Å². The maximum absolute atomic E-state index is 5.44. The first-order valence-corrected chi connectivity index (χ1v) is 5.60. The summed E-state index contributed by atoms with van der Waals surface area (Å²) in [7, 11) is 0. The summed E-state index contributed by atoms with van der Waals surface area (Å²) < 4.78 is 0. The zero-order valence-corrected chi connectivity index (χ0v) is 13.3. The van der Waals surface area contributed by atoms with Gasteiger partial charge in [-0.3, -0.25) is 0 Å². The van der Waals surface area contributed by atoms with E-state index in [1.54, 1.807) is 0 Å². The van der Waals surface area contributed by atoms with Gasteiger partial charge in [-0.25, -0.2) is 0 Å². The van der Waals surface area contributed by atoms with Crippen LogP contribution in [0.25, 0.3) is 5.70 Å². The van der Waals surface area contributed by atoms with E-state index in [-0.39, 0.29) is 32.7 Å². The van der Waals surface area contributed by atoms with E-state index in [2.05, 4.69) is 42.5 Å². The predicted molar refractivity (Wildman–Crippen MR) is 71.5 cm³/mol. The van der Waals surface area contributed by atoms with Crippen LogP contribution >= 0.6 is 0 Å². The number of terminal acetylenes is 1. The number of hydrogen-bond acceptors (Lipinski definition) is 1.